The number of carbonyl (C=O) groups is 1. The molecular formula is C11H11FN4OS. The molecule has 0 atom stereocenters. The van der Waals surface area contributed by atoms with Crippen molar-refractivity contribution in [3.05, 3.63) is 35.1 Å². The fraction of sp³-hybridized carbons (Fsp3) is 0.182. The van der Waals surface area contributed by atoms with Crippen molar-refractivity contribution in [1.29, 1.82) is 0 Å². The summed E-state index contributed by atoms with van der Waals surface area (Å²) in [4.78, 5) is 11.8. The second-order valence-corrected chi connectivity index (χ2v) is 4.38. The highest BCUT2D eigenvalue weighted by Crippen LogP contribution is 2.17. The predicted octanol–water partition coefficient (Wildman–Crippen LogP) is 2.36. The third-order valence-corrected chi connectivity index (χ3v) is 2.91. The van der Waals surface area contributed by atoms with E-state index in [2.05, 4.69) is 20.8 Å². The number of hydrogen-bond donors (Lipinski definition) is 2. The summed E-state index contributed by atoms with van der Waals surface area (Å²) in [6.07, 6.45) is 0. The third kappa shape index (κ3) is 3.01. The number of anilines is 2. The van der Waals surface area contributed by atoms with Crippen molar-refractivity contribution < 1.29 is 9.18 Å². The molecule has 2 rings (SSSR count). The number of hydrogen-bond acceptors (Lipinski definition) is 5. The summed E-state index contributed by atoms with van der Waals surface area (Å²) in [5.74, 6) is -0.805. The molecule has 0 aliphatic rings. The molecule has 18 heavy (non-hydrogen) atoms. The normalized spacial score (nSPS) is 10.1. The quantitative estimate of drug-likeness (QED) is 0.891. The molecule has 0 saturated carbocycles. The highest BCUT2D eigenvalue weighted by molar-refractivity contribution is 7.17. The first kappa shape index (κ1) is 12.4. The zero-order valence-corrected chi connectivity index (χ0v) is 10.4. The van der Waals surface area contributed by atoms with Gasteiger partial charge >= 0.3 is 0 Å². The van der Waals surface area contributed by atoms with E-state index in [-0.39, 0.29) is 5.01 Å². The number of carbonyl (C=O) groups excluding carboxylic acids is 1. The average molecular weight is 266 g/mol. The van der Waals surface area contributed by atoms with Gasteiger partial charge in [-0.2, -0.15) is 0 Å². The van der Waals surface area contributed by atoms with Crippen molar-refractivity contribution in [2.75, 3.05) is 17.2 Å². The van der Waals surface area contributed by atoms with Crippen LogP contribution in [0.25, 0.3) is 0 Å². The van der Waals surface area contributed by atoms with E-state index in [0.717, 1.165) is 11.3 Å². The summed E-state index contributed by atoms with van der Waals surface area (Å²) in [5, 5.41) is 13.9. The molecule has 0 aliphatic carbocycles. The molecule has 2 N–H and O–H groups in total. The third-order valence-electron chi connectivity index (χ3n) is 2.03. The second-order valence-electron chi connectivity index (χ2n) is 3.41. The van der Waals surface area contributed by atoms with Gasteiger partial charge in [-0.05, 0) is 25.1 Å². The van der Waals surface area contributed by atoms with Crippen molar-refractivity contribution in [1.82, 2.24) is 10.2 Å². The summed E-state index contributed by atoms with van der Waals surface area (Å²) in [5.41, 5.74) is 0.389. The second kappa shape index (κ2) is 5.54. The van der Waals surface area contributed by atoms with Crippen molar-refractivity contribution in [2.45, 2.75) is 6.92 Å². The van der Waals surface area contributed by atoms with Crippen LogP contribution in [0.1, 0.15) is 16.7 Å². The van der Waals surface area contributed by atoms with Crippen LogP contribution in [0, 0.1) is 5.82 Å². The van der Waals surface area contributed by atoms with Crippen LogP contribution in [-0.4, -0.2) is 22.6 Å². The maximum atomic E-state index is 12.9. The van der Waals surface area contributed by atoms with Crippen LogP contribution >= 0.6 is 11.3 Å². The van der Waals surface area contributed by atoms with Crippen molar-refractivity contribution in [3.63, 3.8) is 0 Å². The maximum absolute atomic E-state index is 12.9. The van der Waals surface area contributed by atoms with E-state index in [9.17, 15) is 9.18 Å². The Bertz CT molecular complexity index is 557. The molecule has 0 aliphatic heterocycles. The minimum absolute atomic E-state index is 0.232. The highest BCUT2D eigenvalue weighted by atomic mass is 32.1. The molecule has 0 bridgehead atoms. The van der Waals surface area contributed by atoms with E-state index in [1.807, 2.05) is 6.92 Å². The molecule has 1 aromatic carbocycles. The Hall–Kier alpha value is -2.02. The van der Waals surface area contributed by atoms with Gasteiger partial charge in [-0.25, -0.2) is 4.39 Å². The summed E-state index contributed by atoms with van der Waals surface area (Å²) < 4.78 is 12.9. The number of amides is 1. The minimum Gasteiger partial charge on any atom is -0.360 e. The first-order chi connectivity index (χ1) is 8.69. The Labute approximate surface area is 107 Å². The number of nitrogens with one attached hydrogen (secondary N) is 2. The summed E-state index contributed by atoms with van der Waals surface area (Å²) in [7, 11) is 0. The number of nitrogens with zero attached hydrogens (tertiary/aromatic N) is 2. The molecule has 0 unspecified atom stereocenters. The van der Waals surface area contributed by atoms with Gasteiger partial charge in [-0.3, -0.25) is 4.79 Å². The minimum atomic E-state index is -0.404. The predicted molar refractivity (Wildman–Crippen MR) is 68.4 cm³/mol. The molecule has 0 spiro atoms. The lowest BCUT2D eigenvalue weighted by Crippen LogP contribution is -2.11. The van der Waals surface area contributed by atoms with E-state index >= 15 is 0 Å². The Balaban J connectivity index is 2.07. The Morgan fingerprint density at radius 3 is 3.00 bits per heavy atom. The Kier molecular flexibility index (Phi) is 3.83. The Morgan fingerprint density at radius 1 is 1.44 bits per heavy atom. The van der Waals surface area contributed by atoms with Gasteiger partial charge in [0.2, 0.25) is 10.1 Å². The molecule has 5 nitrogen and oxygen atoms in total. The van der Waals surface area contributed by atoms with Gasteiger partial charge in [-0.1, -0.05) is 17.4 Å². The molecule has 0 saturated heterocycles. The molecule has 1 amide bonds. The van der Waals surface area contributed by atoms with Crippen LogP contribution in [0.3, 0.4) is 0 Å². The fourth-order valence-electron chi connectivity index (χ4n) is 1.29. The van der Waals surface area contributed by atoms with E-state index in [4.69, 9.17) is 0 Å². The topological polar surface area (TPSA) is 66.9 Å². The van der Waals surface area contributed by atoms with E-state index in [1.165, 1.54) is 18.2 Å². The van der Waals surface area contributed by atoms with Crippen LogP contribution in [0.4, 0.5) is 15.2 Å². The zero-order valence-electron chi connectivity index (χ0n) is 9.61. The van der Waals surface area contributed by atoms with Gasteiger partial charge in [0.25, 0.3) is 5.91 Å². The van der Waals surface area contributed by atoms with E-state index in [1.54, 1.807) is 6.07 Å². The monoisotopic (exact) mass is 266 g/mol. The number of aromatic nitrogens is 2. The van der Waals surface area contributed by atoms with Gasteiger partial charge < -0.3 is 10.6 Å². The van der Waals surface area contributed by atoms with Crippen LogP contribution < -0.4 is 10.6 Å². The van der Waals surface area contributed by atoms with E-state index < -0.39 is 11.7 Å². The standard InChI is InChI=1S/C11H11FN4OS/c1-2-13-11-16-15-10(18-11)9(17)14-8-5-3-4-7(12)6-8/h3-6H,2H2,1H3,(H,13,16)(H,14,17). The smallest absolute Gasteiger partial charge is 0.286 e. The zero-order chi connectivity index (χ0) is 13.0. The molecule has 0 radical (unpaired) electrons. The van der Waals surface area contributed by atoms with Gasteiger partial charge in [0.1, 0.15) is 5.82 Å². The molecular weight excluding hydrogens is 255 g/mol. The lowest BCUT2D eigenvalue weighted by Gasteiger charge is -2.01. The molecule has 7 heteroatoms. The molecule has 2 aromatic rings. The van der Waals surface area contributed by atoms with Gasteiger partial charge in [0, 0.05) is 12.2 Å². The van der Waals surface area contributed by atoms with Gasteiger partial charge in [0.05, 0.1) is 0 Å². The maximum Gasteiger partial charge on any atom is 0.286 e. The first-order valence-corrected chi connectivity index (χ1v) is 6.15. The van der Waals surface area contributed by atoms with Crippen molar-refractivity contribution >= 4 is 28.1 Å². The first-order valence-electron chi connectivity index (χ1n) is 5.33. The van der Waals surface area contributed by atoms with Crippen molar-refractivity contribution in [3.8, 4) is 0 Å². The van der Waals surface area contributed by atoms with Gasteiger partial charge in [-0.15, -0.1) is 10.2 Å². The molecule has 94 valence electrons. The van der Waals surface area contributed by atoms with E-state index in [0.29, 0.717) is 17.4 Å². The van der Waals surface area contributed by atoms with Crippen LogP contribution in [0.5, 0.6) is 0 Å². The fourth-order valence-corrected chi connectivity index (χ4v) is 2.00. The largest absolute Gasteiger partial charge is 0.360 e. The summed E-state index contributed by atoms with van der Waals surface area (Å²) >= 11 is 1.15. The van der Waals surface area contributed by atoms with Crippen LogP contribution in [-0.2, 0) is 0 Å². The number of benzene rings is 1. The number of rotatable bonds is 4. The van der Waals surface area contributed by atoms with Gasteiger partial charge in [0.15, 0.2) is 0 Å². The molecule has 1 heterocycles. The molecule has 0 fully saturated rings. The summed E-state index contributed by atoms with van der Waals surface area (Å²) in [6.45, 7) is 2.63. The van der Waals surface area contributed by atoms with Crippen LogP contribution in [0.2, 0.25) is 0 Å². The van der Waals surface area contributed by atoms with Crippen LogP contribution in [0.15, 0.2) is 24.3 Å². The Morgan fingerprint density at radius 2 is 2.28 bits per heavy atom. The molecule has 1 aromatic heterocycles. The summed E-state index contributed by atoms with van der Waals surface area (Å²) in [6, 6.07) is 5.68. The lowest BCUT2D eigenvalue weighted by atomic mass is 10.3. The highest BCUT2D eigenvalue weighted by Gasteiger charge is 2.12. The average Bonchev–Trinajstić information content (AvgIpc) is 2.78. The van der Waals surface area contributed by atoms with Crippen molar-refractivity contribution in [2.24, 2.45) is 0 Å². The SMILES string of the molecule is CCNc1nnc(C(=O)Nc2cccc(F)c2)s1. The number of halogens is 1. The lowest BCUT2D eigenvalue weighted by molar-refractivity contribution is 0.102.